The lowest BCUT2D eigenvalue weighted by molar-refractivity contribution is 1.09. The molecule has 1 N–H and O–H groups in total. The summed E-state index contributed by atoms with van der Waals surface area (Å²) in [6.45, 7) is 2.04. The Morgan fingerprint density at radius 2 is 2.06 bits per heavy atom. The number of hydrogen-bond donors (Lipinski definition) is 1. The fourth-order valence-electron chi connectivity index (χ4n) is 1.73. The average Bonchev–Trinajstić information content (AvgIpc) is 2.41. The number of benzene rings is 1. The number of aliphatic imine (C=N–C) groups is 1. The van der Waals surface area contributed by atoms with Crippen LogP contribution in [-0.4, -0.2) is 12.9 Å². The standard InChI is InChI=1S/C14H15ClN2S/c1-3-10-8-13(9-17-14(10)16-2)18-12-6-4-11(15)5-7-12/h3-7,9H,8H2,1-2H3,(H,16,17)/b10-3-. The van der Waals surface area contributed by atoms with E-state index in [-0.39, 0.29) is 0 Å². The van der Waals surface area contributed by atoms with Gasteiger partial charge in [-0.25, -0.2) is 0 Å². The second kappa shape index (κ2) is 6.12. The van der Waals surface area contributed by atoms with Gasteiger partial charge in [-0.1, -0.05) is 29.4 Å². The van der Waals surface area contributed by atoms with E-state index in [1.54, 1.807) is 18.8 Å². The van der Waals surface area contributed by atoms with E-state index in [0.29, 0.717) is 0 Å². The van der Waals surface area contributed by atoms with Crippen LogP contribution in [0.1, 0.15) is 13.3 Å². The first-order valence-corrected chi connectivity index (χ1v) is 6.93. The molecule has 0 fully saturated rings. The maximum Gasteiger partial charge on any atom is 0.127 e. The minimum absolute atomic E-state index is 0.768. The lowest BCUT2D eigenvalue weighted by Gasteiger charge is -2.18. The topological polar surface area (TPSA) is 24.4 Å². The largest absolute Gasteiger partial charge is 0.346 e. The van der Waals surface area contributed by atoms with Gasteiger partial charge in [0.05, 0.1) is 0 Å². The van der Waals surface area contributed by atoms with Crippen molar-refractivity contribution in [2.45, 2.75) is 18.2 Å². The second-order valence-electron chi connectivity index (χ2n) is 3.87. The van der Waals surface area contributed by atoms with Gasteiger partial charge < -0.3 is 5.32 Å². The van der Waals surface area contributed by atoms with E-state index in [2.05, 4.69) is 16.4 Å². The monoisotopic (exact) mass is 278 g/mol. The van der Waals surface area contributed by atoms with Crippen molar-refractivity contribution in [3.05, 3.63) is 52.0 Å². The van der Waals surface area contributed by atoms with Crippen molar-refractivity contribution < 1.29 is 0 Å². The lowest BCUT2D eigenvalue weighted by atomic mass is 10.1. The van der Waals surface area contributed by atoms with Crippen molar-refractivity contribution in [2.75, 3.05) is 7.05 Å². The number of thioether (sulfide) groups is 1. The first kappa shape index (κ1) is 13.2. The van der Waals surface area contributed by atoms with Crippen LogP contribution in [0.2, 0.25) is 5.02 Å². The Morgan fingerprint density at radius 3 is 2.67 bits per heavy atom. The van der Waals surface area contributed by atoms with E-state index in [4.69, 9.17) is 11.6 Å². The van der Waals surface area contributed by atoms with E-state index in [0.717, 1.165) is 17.3 Å². The molecule has 1 aromatic carbocycles. The Labute approximate surface area is 117 Å². The van der Waals surface area contributed by atoms with Gasteiger partial charge in [0.1, 0.15) is 5.84 Å². The molecule has 0 atom stereocenters. The van der Waals surface area contributed by atoms with Gasteiger partial charge in [0.15, 0.2) is 0 Å². The molecule has 1 aliphatic heterocycles. The summed E-state index contributed by atoms with van der Waals surface area (Å²) in [5.74, 6) is 0.956. The minimum Gasteiger partial charge on any atom is -0.346 e. The maximum absolute atomic E-state index is 5.88. The molecule has 2 rings (SSSR count). The molecule has 0 saturated carbocycles. The SMILES string of the molecule is C/C=C1/CC(Sc2ccc(Cl)cc2)=CNC1=NC. The second-order valence-corrected chi connectivity index (χ2v) is 5.51. The Bertz CT molecular complexity index is 515. The molecule has 0 aromatic heterocycles. The molecule has 94 valence electrons. The fourth-order valence-corrected chi connectivity index (χ4v) is 2.78. The molecule has 0 saturated heterocycles. The number of hydrogen-bond acceptors (Lipinski definition) is 2. The molecule has 0 aliphatic carbocycles. The van der Waals surface area contributed by atoms with Crippen LogP contribution in [-0.2, 0) is 0 Å². The summed E-state index contributed by atoms with van der Waals surface area (Å²) in [7, 11) is 1.80. The van der Waals surface area contributed by atoms with E-state index >= 15 is 0 Å². The molecule has 0 bridgehead atoms. The molecule has 1 aromatic rings. The number of nitrogens with one attached hydrogen (secondary N) is 1. The molecule has 0 unspecified atom stereocenters. The van der Waals surface area contributed by atoms with Crippen LogP contribution in [0.3, 0.4) is 0 Å². The number of halogens is 1. The van der Waals surface area contributed by atoms with Gasteiger partial charge in [-0.3, -0.25) is 4.99 Å². The van der Waals surface area contributed by atoms with Gasteiger partial charge in [0.2, 0.25) is 0 Å². The molecule has 18 heavy (non-hydrogen) atoms. The highest BCUT2D eigenvalue weighted by Crippen LogP contribution is 2.33. The van der Waals surface area contributed by atoms with Crippen molar-refractivity contribution in [1.29, 1.82) is 0 Å². The summed E-state index contributed by atoms with van der Waals surface area (Å²) >= 11 is 7.63. The van der Waals surface area contributed by atoms with Crippen molar-refractivity contribution in [3.63, 3.8) is 0 Å². The van der Waals surface area contributed by atoms with E-state index in [1.807, 2.05) is 37.4 Å². The van der Waals surface area contributed by atoms with Gasteiger partial charge >= 0.3 is 0 Å². The molecule has 1 heterocycles. The first-order valence-electron chi connectivity index (χ1n) is 5.74. The zero-order valence-corrected chi connectivity index (χ0v) is 12.0. The first-order chi connectivity index (χ1) is 8.72. The van der Waals surface area contributed by atoms with Crippen LogP contribution < -0.4 is 5.32 Å². The number of nitrogens with zero attached hydrogens (tertiary/aromatic N) is 1. The summed E-state index contributed by atoms with van der Waals surface area (Å²) in [6, 6.07) is 7.89. The zero-order valence-electron chi connectivity index (χ0n) is 10.4. The zero-order chi connectivity index (χ0) is 13.0. The summed E-state index contributed by atoms with van der Waals surface area (Å²) in [5, 5.41) is 3.99. The highest BCUT2D eigenvalue weighted by atomic mass is 35.5. The predicted molar refractivity (Wildman–Crippen MR) is 80.3 cm³/mol. The van der Waals surface area contributed by atoms with Crippen molar-refractivity contribution in [2.24, 2.45) is 4.99 Å². The third-order valence-corrected chi connectivity index (χ3v) is 3.96. The summed E-state index contributed by atoms with van der Waals surface area (Å²) in [6.07, 6.45) is 5.04. The predicted octanol–water partition coefficient (Wildman–Crippen LogP) is 4.24. The highest BCUT2D eigenvalue weighted by molar-refractivity contribution is 8.03. The van der Waals surface area contributed by atoms with Crippen LogP contribution in [0.15, 0.2) is 56.9 Å². The Kier molecular flexibility index (Phi) is 4.50. The van der Waals surface area contributed by atoms with Gasteiger partial charge in [-0.15, -0.1) is 0 Å². The van der Waals surface area contributed by atoms with Crippen LogP contribution in [0.4, 0.5) is 0 Å². The van der Waals surface area contributed by atoms with Crippen LogP contribution >= 0.6 is 23.4 Å². The van der Waals surface area contributed by atoms with Gasteiger partial charge in [0.25, 0.3) is 0 Å². The molecule has 0 radical (unpaired) electrons. The van der Waals surface area contributed by atoms with Crippen LogP contribution in [0.25, 0.3) is 0 Å². The third kappa shape index (κ3) is 3.18. The number of amidine groups is 1. The summed E-state index contributed by atoms with van der Waals surface area (Å²) in [5.41, 5.74) is 1.23. The van der Waals surface area contributed by atoms with Crippen LogP contribution in [0, 0.1) is 0 Å². The lowest BCUT2D eigenvalue weighted by Crippen LogP contribution is -2.24. The highest BCUT2D eigenvalue weighted by Gasteiger charge is 2.14. The number of rotatable bonds is 2. The van der Waals surface area contributed by atoms with Crippen molar-refractivity contribution in [1.82, 2.24) is 5.32 Å². The summed E-state index contributed by atoms with van der Waals surface area (Å²) in [4.78, 5) is 6.69. The van der Waals surface area contributed by atoms with Crippen molar-refractivity contribution >= 4 is 29.2 Å². The summed E-state index contributed by atoms with van der Waals surface area (Å²) < 4.78 is 0. The smallest absolute Gasteiger partial charge is 0.127 e. The Morgan fingerprint density at radius 1 is 1.33 bits per heavy atom. The molecule has 0 spiro atoms. The Hall–Kier alpha value is -1.19. The normalized spacial score (nSPS) is 19.8. The maximum atomic E-state index is 5.88. The molecule has 0 amide bonds. The van der Waals surface area contributed by atoms with E-state index in [1.165, 1.54) is 15.4 Å². The molecule has 1 aliphatic rings. The Balaban J connectivity index is 2.12. The fraction of sp³-hybridized carbons (Fsp3) is 0.214. The molecule has 4 heteroatoms. The quantitative estimate of drug-likeness (QED) is 0.875. The molecular weight excluding hydrogens is 264 g/mol. The van der Waals surface area contributed by atoms with Gasteiger partial charge in [0, 0.05) is 34.5 Å². The van der Waals surface area contributed by atoms with Gasteiger partial charge in [-0.05, 0) is 36.8 Å². The number of allylic oxidation sites excluding steroid dienone is 2. The molecule has 2 nitrogen and oxygen atoms in total. The minimum atomic E-state index is 0.768. The van der Waals surface area contributed by atoms with Crippen LogP contribution in [0.5, 0.6) is 0 Å². The molecular formula is C14H15ClN2S. The van der Waals surface area contributed by atoms with Gasteiger partial charge in [-0.2, -0.15) is 0 Å². The van der Waals surface area contributed by atoms with E-state index < -0.39 is 0 Å². The van der Waals surface area contributed by atoms with E-state index in [9.17, 15) is 0 Å². The van der Waals surface area contributed by atoms with Crippen molar-refractivity contribution in [3.8, 4) is 0 Å². The third-order valence-electron chi connectivity index (χ3n) is 2.67. The average molecular weight is 279 g/mol.